The maximum atomic E-state index is 13.3. The maximum Gasteiger partial charge on any atom is 0.335 e. The molecule has 11 heteroatoms. The Morgan fingerprint density at radius 2 is 1.63 bits per heavy atom. The molecule has 1 aliphatic carbocycles. The molecule has 0 spiro atoms. The Kier molecular flexibility index (Phi) is 10.1. The SMILES string of the molecule is CN(C(=O)CN1CCOCC1)c1ccc(N2CCOCC2)c(COc2ccc3c(c2)OCCn2c-3c(C3CCCCC3)c3ccc(C(=O)O)cc32)c1. The number of carboxylic acids is 1. The fourth-order valence-electron chi connectivity index (χ4n) is 8.36. The van der Waals surface area contributed by atoms with Gasteiger partial charge in [0.2, 0.25) is 5.91 Å². The molecule has 0 bridgehead atoms. The van der Waals surface area contributed by atoms with Gasteiger partial charge in [-0.3, -0.25) is 9.69 Å². The zero-order valence-corrected chi connectivity index (χ0v) is 30.0. The van der Waals surface area contributed by atoms with Gasteiger partial charge < -0.3 is 38.4 Å². The molecule has 1 amide bonds. The quantitative estimate of drug-likeness (QED) is 0.219. The van der Waals surface area contributed by atoms with E-state index in [1.807, 2.05) is 37.4 Å². The monoisotopic (exact) mass is 708 g/mol. The topological polar surface area (TPSA) is 106 Å². The lowest BCUT2D eigenvalue weighted by Crippen LogP contribution is -2.43. The van der Waals surface area contributed by atoms with Crippen molar-refractivity contribution < 1.29 is 33.6 Å². The molecule has 2 saturated heterocycles. The van der Waals surface area contributed by atoms with E-state index in [0.717, 1.165) is 83.9 Å². The van der Waals surface area contributed by atoms with E-state index in [1.54, 1.807) is 11.0 Å². The van der Waals surface area contributed by atoms with Crippen LogP contribution in [0.1, 0.15) is 59.5 Å². The number of carboxylic acid groups (broad SMARTS) is 1. The van der Waals surface area contributed by atoms with Crippen molar-refractivity contribution in [2.75, 3.05) is 82.6 Å². The van der Waals surface area contributed by atoms with E-state index in [1.165, 1.54) is 24.8 Å². The first-order valence-electron chi connectivity index (χ1n) is 18.8. The standard InChI is InChI=1S/C41H48N4O7/c1-42(38(46)26-43-13-18-49-19-14-43)31-8-12-35(44-15-20-50-21-16-44)30(23-31)27-52-32-9-11-34-37(25-32)51-22-17-45-36-24-29(41(47)48)7-10-33(36)39(40(34)45)28-5-3-2-4-6-28/h7-12,23-25,28H,2-6,13-22,26-27H2,1H3,(H,47,48). The highest BCUT2D eigenvalue weighted by atomic mass is 16.5. The fourth-order valence-corrected chi connectivity index (χ4v) is 8.36. The van der Waals surface area contributed by atoms with Gasteiger partial charge in [0.15, 0.2) is 0 Å². The van der Waals surface area contributed by atoms with E-state index < -0.39 is 5.97 Å². The van der Waals surface area contributed by atoms with Crippen LogP contribution < -0.4 is 19.3 Å². The van der Waals surface area contributed by atoms with Crippen molar-refractivity contribution in [1.29, 1.82) is 0 Å². The minimum absolute atomic E-state index is 0.0417. The Balaban J connectivity index is 1.09. The predicted molar refractivity (Wildman–Crippen MR) is 200 cm³/mol. The summed E-state index contributed by atoms with van der Waals surface area (Å²) < 4.78 is 26.3. The van der Waals surface area contributed by atoms with Gasteiger partial charge in [-0.15, -0.1) is 0 Å². The second-order valence-corrected chi connectivity index (χ2v) is 14.3. The number of likely N-dealkylation sites (N-methyl/N-ethyl adjacent to an activating group) is 1. The molecule has 1 aromatic heterocycles. The Morgan fingerprint density at radius 1 is 0.865 bits per heavy atom. The number of carbonyl (C=O) groups excluding carboxylic acids is 1. The first-order valence-corrected chi connectivity index (χ1v) is 18.8. The van der Waals surface area contributed by atoms with Gasteiger partial charge in [-0.2, -0.15) is 0 Å². The molecule has 1 N–H and O–H groups in total. The molecule has 3 fully saturated rings. The molecular formula is C41H48N4O7. The molecule has 3 aliphatic heterocycles. The van der Waals surface area contributed by atoms with E-state index in [4.69, 9.17) is 18.9 Å². The van der Waals surface area contributed by atoms with Crippen LogP contribution in [-0.2, 0) is 27.4 Å². The molecule has 52 heavy (non-hydrogen) atoms. The summed E-state index contributed by atoms with van der Waals surface area (Å²) in [5.41, 5.74) is 7.61. The van der Waals surface area contributed by atoms with Gasteiger partial charge in [-0.25, -0.2) is 4.79 Å². The molecule has 3 aromatic carbocycles. The maximum absolute atomic E-state index is 13.3. The van der Waals surface area contributed by atoms with E-state index in [0.29, 0.717) is 70.0 Å². The van der Waals surface area contributed by atoms with Crippen molar-refractivity contribution in [2.24, 2.45) is 0 Å². The largest absolute Gasteiger partial charge is 0.491 e. The molecule has 8 rings (SSSR count). The molecular weight excluding hydrogens is 660 g/mol. The Morgan fingerprint density at radius 3 is 2.40 bits per heavy atom. The summed E-state index contributed by atoms with van der Waals surface area (Å²) in [6, 6.07) is 17.9. The number of hydrogen-bond acceptors (Lipinski definition) is 8. The number of hydrogen-bond donors (Lipinski definition) is 1. The van der Waals surface area contributed by atoms with E-state index >= 15 is 0 Å². The summed E-state index contributed by atoms with van der Waals surface area (Å²) in [4.78, 5) is 31.5. The molecule has 0 radical (unpaired) electrons. The van der Waals surface area contributed by atoms with Crippen LogP contribution in [0.15, 0.2) is 54.6 Å². The number of anilines is 2. The number of ether oxygens (including phenoxy) is 4. The number of aromatic carboxylic acids is 1. The van der Waals surface area contributed by atoms with Gasteiger partial charge >= 0.3 is 5.97 Å². The second-order valence-electron chi connectivity index (χ2n) is 14.3. The Hall–Kier alpha value is -4.58. The van der Waals surface area contributed by atoms with Gasteiger partial charge in [-0.05, 0) is 66.8 Å². The average Bonchev–Trinajstić information content (AvgIpc) is 3.38. The summed E-state index contributed by atoms with van der Waals surface area (Å²) in [6.45, 7) is 7.49. The minimum Gasteiger partial charge on any atom is -0.491 e. The van der Waals surface area contributed by atoms with Gasteiger partial charge in [0.1, 0.15) is 24.7 Å². The predicted octanol–water partition coefficient (Wildman–Crippen LogP) is 6.16. The molecule has 11 nitrogen and oxygen atoms in total. The molecule has 4 heterocycles. The van der Waals surface area contributed by atoms with E-state index in [9.17, 15) is 14.7 Å². The van der Waals surface area contributed by atoms with Crippen LogP contribution >= 0.6 is 0 Å². The van der Waals surface area contributed by atoms with E-state index in [2.05, 4.69) is 32.6 Å². The number of fused-ring (bicyclic) bond motifs is 5. The number of rotatable bonds is 9. The highest BCUT2D eigenvalue weighted by molar-refractivity contribution is 5.99. The molecule has 0 atom stereocenters. The number of carbonyl (C=O) groups is 2. The van der Waals surface area contributed by atoms with Gasteiger partial charge in [0.05, 0.1) is 50.8 Å². The highest BCUT2D eigenvalue weighted by Crippen LogP contribution is 2.48. The number of morpholine rings is 2. The highest BCUT2D eigenvalue weighted by Gasteiger charge is 2.30. The van der Waals surface area contributed by atoms with Crippen molar-refractivity contribution >= 4 is 34.2 Å². The van der Waals surface area contributed by atoms with Crippen molar-refractivity contribution in [2.45, 2.75) is 51.2 Å². The van der Waals surface area contributed by atoms with Gasteiger partial charge in [-0.1, -0.05) is 25.3 Å². The number of aromatic nitrogens is 1. The third kappa shape index (κ3) is 6.97. The van der Waals surface area contributed by atoms with Crippen LogP contribution in [0.3, 0.4) is 0 Å². The van der Waals surface area contributed by atoms with Crippen LogP contribution in [0.5, 0.6) is 11.5 Å². The van der Waals surface area contributed by atoms with Crippen molar-refractivity contribution in [3.05, 3.63) is 71.3 Å². The average molecular weight is 709 g/mol. The smallest absolute Gasteiger partial charge is 0.335 e. The number of nitrogens with zero attached hydrogens (tertiary/aromatic N) is 4. The van der Waals surface area contributed by atoms with Crippen molar-refractivity contribution in [1.82, 2.24) is 9.47 Å². The van der Waals surface area contributed by atoms with Crippen LogP contribution in [0, 0.1) is 0 Å². The fraction of sp³-hybridized carbons (Fsp3) is 0.463. The molecule has 4 aliphatic rings. The van der Waals surface area contributed by atoms with Crippen LogP contribution in [0.25, 0.3) is 22.2 Å². The number of amides is 1. The lowest BCUT2D eigenvalue weighted by Gasteiger charge is -2.32. The molecule has 0 unspecified atom stereocenters. The zero-order valence-electron chi connectivity index (χ0n) is 30.0. The first-order chi connectivity index (χ1) is 25.4. The molecule has 274 valence electrons. The van der Waals surface area contributed by atoms with Crippen molar-refractivity contribution in [3.8, 4) is 22.8 Å². The third-order valence-corrected chi connectivity index (χ3v) is 11.2. The van der Waals surface area contributed by atoms with Gasteiger partial charge in [0, 0.05) is 72.7 Å². The normalized spacial score (nSPS) is 18.3. The van der Waals surface area contributed by atoms with Gasteiger partial charge in [0.25, 0.3) is 0 Å². The Bertz CT molecular complexity index is 1940. The zero-order chi connectivity index (χ0) is 35.6. The summed E-state index contributed by atoms with van der Waals surface area (Å²) in [7, 11) is 1.84. The number of benzene rings is 3. The van der Waals surface area contributed by atoms with Crippen LogP contribution in [0.2, 0.25) is 0 Å². The third-order valence-electron chi connectivity index (χ3n) is 11.2. The van der Waals surface area contributed by atoms with Crippen LogP contribution in [0.4, 0.5) is 11.4 Å². The first kappa shape index (κ1) is 34.5. The summed E-state index contributed by atoms with van der Waals surface area (Å²) in [6.07, 6.45) is 5.91. The molecule has 4 aromatic rings. The second kappa shape index (κ2) is 15.2. The summed E-state index contributed by atoms with van der Waals surface area (Å²) >= 11 is 0. The summed E-state index contributed by atoms with van der Waals surface area (Å²) in [5.74, 6) is 1.00. The summed E-state index contributed by atoms with van der Waals surface area (Å²) in [5, 5.41) is 11.0. The molecule has 1 saturated carbocycles. The van der Waals surface area contributed by atoms with Crippen LogP contribution in [-0.4, -0.2) is 99.3 Å². The lowest BCUT2D eigenvalue weighted by atomic mass is 9.81. The Labute approximate surface area is 304 Å². The van der Waals surface area contributed by atoms with E-state index in [-0.39, 0.29) is 5.91 Å². The minimum atomic E-state index is -0.919. The van der Waals surface area contributed by atoms with Crippen molar-refractivity contribution in [3.63, 3.8) is 0 Å². The lowest BCUT2D eigenvalue weighted by molar-refractivity contribution is -0.120.